The molecule has 2 aromatic rings. The maximum atomic E-state index is 11.9. The molecule has 0 radical (unpaired) electrons. The first-order valence-electron chi connectivity index (χ1n) is 5.08. The number of rotatable bonds is 2. The van der Waals surface area contributed by atoms with Gasteiger partial charge in [0.2, 0.25) is 0 Å². The van der Waals surface area contributed by atoms with Gasteiger partial charge < -0.3 is 9.84 Å². The number of carbonyl (C=O) groups excluding carboxylic acids is 1. The molecular formula is C12H11ClN2O2. The van der Waals surface area contributed by atoms with Crippen molar-refractivity contribution in [2.24, 2.45) is 0 Å². The number of halogens is 1. The van der Waals surface area contributed by atoms with Gasteiger partial charge in [-0.25, -0.2) is 0 Å². The van der Waals surface area contributed by atoms with Crippen LogP contribution in [0.25, 0.3) is 0 Å². The third kappa shape index (κ3) is 2.31. The number of nitrogens with zero attached hydrogens (tertiary/aromatic N) is 1. The fraction of sp³-hybridized carbons (Fsp3) is 0.167. The summed E-state index contributed by atoms with van der Waals surface area (Å²) in [5.74, 6) is 0.307. The Hall–Kier alpha value is -1.81. The normalized spacial score (nSPS) is 10.3. The highest BCUT2D eigenvalue weighted by atomic mass is 35.5. The molecule has 0 bridgehead atoms. The van der Waals surface area contributed by atoms with E-state index in [4.69, 9.17) is 16.1 Å². The van der Waals surface area contributed by atoms with Gasteiger partial charge >= 0.3 is 0 Å². The van der Waals surface area contributed by atoms with Gasteiger partial charge in [-0.05, 0) is 26.0 Å². The average molecular weight is 251 g/mol. The Morgan fingerprint density at radius 3 is 2.65 bits per heavy atom. The fourth-order valence-electron chi connectivity index (χ4n) is 1.37. The molecule has 0 fully saturated rings. The summed E-state index contributed by atoms with van der Waals surface area (Å²) in [6.45, 7) is 3.54. The molecule has 1 N–H and O–H groups in total. The van der Waals surface area contributed by atoms with Gasteiger partial charge in [-0.1, -0.05) is 28.9 Å². The predicted octanol–water partition coefficient (Wildman–Crippen LogP) is 3.20. The molecule has 17 heavy (non-hydrogen) atoms. The Balaban J connectivity index is 2.23. The molecule has 0 aliphatic heterocycles. The number of aryl methyl sites for hydroxylation is 1. The number of nitrogens with one attached hydrogen (secondary N) is 1. The SMILES string of the molecule is Cc1onc(C(=O)Nc2ccccc2Cl)c1C. The van der Waals surface area contributed by atoms with Crippen LogP contribution in [0.2, 0.25) is 5.02 Å². The molecule has 1 aromatic carbocycles. The summed E-state index contributed by atoms with van der Waals surface area (Å²) in [6.07, 6.45) is 0. The number of para-hydroxylation sites is 1. The van der Waals surface area contributed by atoms with Gasteiger partial charge in [-0.15, -0.1) is 0 Å². The monoisotopic (exact) mass is 250 g/mol. The van der Waals surface area contributed by atoms with Crippen LogP contribution >= 0.6 is 11.6 Å². The Morgan fingerprint density at radius 2 is 2.06 bits per heavy atom. The first kappa shape index (κ1) is 11.7. The number of amides is 1. The van der Waals surface area contributed by atoms with Crippen molar-refractivity contribution in [3.8, 4) is 0 Å². The number of benzene rings is 1. The molecule has 1 aromatic heterocycles. The molecule has 1 heterocycles. The molecule has 0 saturated carbocycles. The van der Waals surface area contributed by atoms with E-state index in [9.17, 15) is 4.79 Å². The zero-order chi connectivity index (χ0) is 12.4. The van der Waals surface area contributed by atoms with Crippen LogP contribution < -0.4 is 5.32 Å². The molecule has 88 valence electrons. The summed E-state index contributed by atoms with van der Waals surface area (Å²) in [6, 6.07) is 7.02. The van der Waals surface area contributed by atoms with Gasteiger partial charge in [0, 0.05) is 5.56 Å². The predicted molar refractivity (Wildman–Crippen MR) is 65.4 cm³/mol. The summed E-state index contributed by atoms with van der Waals surface area (Å²) >= 11 is 5.94. The molecule has 0 atom stereocenters. The summed E-state index contributed by atoms with van der Waals surface area (Å²) < 4.78 is 4.94. The van der Waals surface area contributed by atoms with Crippen LogP contribution in [0, 0.1) is 13.8 Å². The van der Waals surface area contributed by atoms with E-state index < -0.39 is 0 Å². The molecule has 0 saturated heterocycles. The van der Waals surface area contributed by atoms with Crippen LogP contribution in [0.15, 0.2) is 28.8 Å². The van der Waals surface area contributed by atoms with E-state index in [-0.39, 0.29) is 11.6 Å². The first-order chi connectivity index (χ1) is 8.09. The van der Waals surface area contributed by atoms with Gasteiger partial charge in [-0.3, -0.25) is 4.79 Å². The maximum Gasteiger partial charge on any atom is 0.278 e. The molecule has 5 heteroatoms. The molecule has 0 aliphatic carbocycles. The Bertz CT molecular complexity index is 563. The lowest BCUT2D eigenvalue weighted by Crippen LogP contribution is -2.13. The van der Waals surface area contributed by atoms with Crippen molar-refractivity contribution < 1.29 is 9.32 Å². The highest BCUT2D eigenvalue weighted by Gasteiger charge is 2.17. The summed E-state index contributed by atoms with van der Waals surface area (Å²) in [5, 5.41) is 6.88. The molecule has 4 nitrogen and oxygen atoms in total. The number of hydrogen-bond acceptors (Lipinski definition) is 3. The topological polar surface area (TPSA) is 55.1 Å². The van der Waals surface area contributed by atoms with Gasteiger partial charge in [0.25, 0.3) is 5.91 Å². The first-order valence-corrected chi connectivity index (χ1v) is 5.46. The summed E-state index contributed by atoms with van der Waals surface area (Å²) in [4.78, 5) is 11.9. The minimum atomic E-state index is -0.326. The molecule has 0 spiro atoms. The van der Waals surface area contributed by atoms with Crippen molar-refractivity contribution in [3.63, 3.8) is 0 Å². The molecule has 0 unspecified atom stereocenters. The lowest BCUT2D eigenvalue weighted by molar-refractivity contribution is 0.101. The largest absolute Gasteiger partial charge is 0.361 e. The smallest absolute Gasteiger partial charge is 0.278 e. The number of carbonyl (C=O) groups is 1. The summed E-state index contributed by atoms with van der Waals surface area (Å²) in [5.41, 5.74) is 1.57. The standard InChI is InChI=1S/C12H11ClN2O2/c1-7-8(2)17-15-11(7)12(16)14-10-6-4-3-5-9(10)13/h3-6H,1-2H3,(H,14,16). The van der Waals surface area contributed by atoms with E-state index in [1.54, 1.807) is 38.1 Å². The highest BCUT2D eigenvalue weighted by Crippen LogP contribution is 2.21. The fourth-order valence-corrected chi connectivity index (χ4v) is 1.56. The van der Waals surface area contributed by atoms with E-state index in [2.05, 4.69) is 10.5 Å². The third-order valence-electron chi connectivity index (χ3n) is 2.49. The second-order valence-corrected chi connectivity index (χ2v) is 4.05. The highest BCUT2D eigenvalue weighted by molar-refractivity contribution is 6.33. The minimum Gasteiger partial charge on any atom is -0.361 e. The maximum absolute atomic E-state index is 11.9. The second kappa shape index (κ2) is 4.59. The zero-order valence-corrected chi connectivity index (χ0v) is 10.2. The van der Waals surface area contributed by atoms with Crippen molar-refractivity contribution in [2.45, 2.75) is 13.8 Å². The lowest BCUT2D eigenvalue weighted by Gasteiger charge is -2.04. The van der Waals surface area contributed by atoms with E-state index in [1.165, 1.54) is 0 Å². The van der Waals surface area contributed by atoms with Crippen molar-refractivity contribution >= 4 is 23.2 Å². The van der Waals surface area contributed by atoms with Crippen LogP contribution in [0.1, 0.15) is 21.8 Å². The van der Waals surface area contributed by atoms with E-state index in [1.807, 2.05) is 0 Å². The van der Waals surface area contributed by atoms with Gasteiger partial charge in [0.05, 0.1) is 10.7 Å². The number of anilines is 1. The quantitative estimate of drug-likeness (QED) is 0.891. The molecule has 2 rings (SSSR count). The average Bonchev–Trinajstić information content (AvgIpc) is 2.63. The number of aromatic nitrogens is 1. The van der Waals surface area contributed by atoms with Crippen LogP contribution in [0.3, 0.4) is 0 Å². The number of hydrogen-bond donors (Lipinski definition) is 1. The van der Waals surface area contributed by atoms with Gasteiger partial charge in [0.15, 0.2) is 5.69 Å². The van der Waals surface area contributed by atoms with Crippen LogP contribution in [-0.4, -0.2) is 11.1 Å². The van der Waals surface area contributed by atoms with Crippen LogP contribution in [0.5, 0.6) is 0 Å². The van der Waals surface area contributed by atoms with Crippen molar-refractivity contribution in [3.05, 3.63) is 46.3 Å². The van der Waals surface area contributed by atoms with Crippen molar-refractivity contribution in [1.82, 2.24) is 5.16 Å². The minimum absolute atomic E-state index is 0.280. The second-order valence-electron chi connectivity index (χ2n) is 3.65. The van der Waals surface area contributed by atoms with Crippen molar-refractivity contribution in [1.29, 1.82) is 0 Å². The van der Waals surface area contributed by atoms with Crippen molar-refractivity contribution in [2.75, 3.05) is 5.32 Å². The van der Waals surface area contributed by atoms with Gasteiger partial charge in [-0.2, -0.15) is 0 Å². The van der Waals surface area contributed by atoms with Crippen LogP contribution in [0.4, 0.5) is 5.69 Å². The van der Waals surface area contributed by atoms with Gasteiger partial charge in [0.1, 0.15) is 5.76 Å². The Morgan fingerprint density at radius 1 is 1.35 bits per heavy atom. The molecule has 1 amide bonds. The molecular weight excluding hydrogens is 240 g/mol. The molecule has 0 aliphatic rings. The van der Waals surface area contributed by atoms with Crippen LogP contribution in [-0.2, 0) is 0 Å². The third-order valence-corrected chi connectivity index (χ3v) is 2.82. The van der Waals surface area contributed by atoms with E-state index in [0.717, 1.165) is 5.56 Å². The lowest BCUT2D eigenvalue weighted by atomic mass is 10.2. The summed E-state index contributed by atoms with van der Waals surface area (Å²) in [7, 11) is 0. The Kier molecular flexibility index (Phi) is 3.15. The zero-order valence-electron chi connectivity index (χ0n) is 9.45. The van der Waals surface area contributed by atoms with E-state index >= 15 is 0 Å². The van der Waals surface area contributed by atoms with E-state index in [0.29, 0.717) is 16.5 Å². The Labute approximate surface area is 104 Å².